The van der Waals surface area contributed by atoms with E-state index >= 15 is 0 Å². The molecule has 0 bridgehead atoms. The normalized spacial score (nSPS) is 11.4. The zero-order chi connectivity index (χ0) is 15.2. The standard InChI is InChI=1S/C16H17N3O2/c1-11-5-6-13(4-3-9-20)10-14(11)16(21)19-12(2)15-17-7-8-18-15/h5-8,10,12,20H,9H2,1-2H3,(H,17,18)(H,19,21). The molecule has 5 heteroatoms. The van der Waals surface area contributed by atoms with Crippen molar-refractivity contribution in [2.45, 2.75) is 19.9 Å². The Hall–Kier alpha value is -2.58. The van der Waals surface area contributed by atoms with Crippen molar-refractivity contribution < 1.29 is 9.90 Å². The van der Waals surface area contributed by atoms with E-state index in [4.69, 9.17) is 5.11 Å². The Bertz CT molecular complexity index is 681. The maximum absolute atomic E-state index is 12.3. The number of aromatic amines is 1. The molecular formula is C16H17N3O2. The Labute approximate surface area is 123 Å². The summed E-state index contributed by atoms with van der Waals surface area (Å²) in [6, 6.07) is 5.18. The molecule has 5 nitrogen and oxygen atoms in total. The highest BCUT2D eigenvalue weighted by atomic mass is 16.2. The van der Waals surface area contributed by atoms with E-state index in [0.717, 1.165) is 5.56 Å². The van der Waals surface area contributed by atoms with E-state index in [0.29, 0.717) is 17.0 Å². The van der Waals surface area contributed by atoms with Gasteiger partial charge in [0.25, 0.3) is 5.91 Å². The van der Waals surface area contributed by atoms with Crippen LogP contribution in [0.2, 0.25) is 0 Å². The third-order valence-corrected chi connectivity index (χ3v) is 3.07. The minimum Gasteiger partial charge on any atom is -0.384 e. The molecule has 1 amide bonds. The average molecular weight is 283 g/mol. The van der Waals surface area contributed by atoms with E-state index in [1.165, 1.54) is 0 Å². The lowest BCUT2D eigenvalue weighted by Crippen LogP contribution is -2.28. The number of hydrogen-bond donors (Lipinski definition) is 3. The smallest absolute Gasteiger partial charge is 0.252 e. The Morgan fingerprint density at radius 2 is 2.33 bits per heavy atom. The number of aromatic nitrogens is 2. The number of hydrogen-bond acceptors (Lipinski definition) is 3. The fourth-order valence-electron chi connectivity index (χ4n) is 1.94. The fourth-order valence-corrected chi connectivity index (χ4v) is 1.94. The van der Waals surface area contributed by atoms with Gasteiger partial charge >= 0.3 is 0 Å². The maximum atomic E-state index is 12.3. The van der Waals surface area contributed by atoms with Gasteiger partial charge in [-0.15, -0.1) is 0 Å². The molecule has 2 aromatic rings. The predicted octanol–water partition coefficient (Wildman–Crippen LogP) is 1.55. The van der Waals surface area contributed by atoms with Crippen LogP contribution in [0.3, 0.4) is 0 Å². The third kappa shape index (κ3) is 3.71. The van der Waals surface area contributed by atoms with Crippen molar-refractivity contribution in [3.05, 3.63) is 53.1 Å². The van der Waals surface area contributed by atoms with Crippen molar-refractivity contribution in [2.75, 3.05) is 6.61 Å². The van der Waals surface area contributed by atoms with E-state index in [9.17, 15) is 4.79 Å². The van der Waals surface area contributed by atoms with Crippen LogP contribution >= 0.6 is 0 Å². The molecule has 0 aliphatic carbocycles. The highest BCUT2D eigenvalue weighted by Gasteiger charge is 2.15. The highest BCUT2D eigenvalue weighted by molar-refractivity contribution is 5.96. The molecule has 0 radical (unpaired) electrons. The molecule has 0 saturated heterocycles. The molecule has 0 aliphatic heterocycles. The summed E-state index contributed by atoms with van der Waals surface area (Å²) < 4.78 is 0. The molecule has 0 saturated carbocycles. The first-order valence-electron chi connectivity index (χ1n) is 6.62. The SMILES string of the molecule is Cc1ccc(C#CCO)cc1C(=O)NC(C)c1ncc[nH]1. The molecule has 1 atom stereocenters. The van der Waals surface area contributed by atoms with Gasteiger partial charge < -0.3 is 15.4 Å². The average Bonchev–Trinajstić information content (AvgIpc) is 3.00. The van der Waals surface area contributed by atoms with Crippen molar-refractivity contribution in [3.8, 4) is 11.8 Å². The van der Waals surface area contributed by atoms with Crippen molar-refractivity contribution in [1.29, 1.82) is 0 Å². The topological polar surface area (TPSA) is 78.0 Å². The summed E-state index contributed by atoms with van der Waals surface area (Å²) in [6.07, 6.45) is 3.36. The van der Waals surface area contributed by atoms with Gasteiger partial charge in [-0.1, -0.05) is 17.9 Å². The number of H-pyrrole nitrogens is 1. The number of benzene rings is 1. The molecule has 0 fully saturated rings. The van der Waals surface area contributed by atoms with Gasteiger partial charge in [0.05, 0.1) is 6.04 Å². The Morgan fingerprint density at radius 3 is 3.00 bits per heavy atom. The monoisotopic (exact) mass is 283 g/mol. The number of aliphatic hydroxyl groups excluding tert-OH is 1. The molecule has 3 N–H and O–H groups in total. The molecular weight excluding hydrogens is 266 g/mol. The summed E-state index contributed by atoms with van der Waals surface area (Å²) >= 11 is 0. The maximum Gasteiger partial charge on any atom is 0.252 e. The zero-order valence-electron chi connectivity index (χ0n) is 12.0. The van der Waals surface area contributed by atoms with Crippen LogP contribution in [-0.2, 0) is 0 Å². The minimum atomic E-state index is -0.209. The number of carbonyl (C=O) groups excluding carboxylic acids is 1. The molecule has 21 heavy (non-hydrogen) atoms. The lowest BCUT2D eigenvalue weighted by Gasteiger charge is -2.13. The van der Waals surface area contributed by atoms with Crippen LogP contribution in [0.5, 0.6) is 0 Å². The number of nitrogens with one attached hydrogen (secondary N) is 2. The van der Waals surface area contributed by atoms with Gasteiger partial charge in [0.15, 0.2) is 0 Å². The summed E-state index contributed by atoms with van der Waals surface area (Å²) in [4.78, 5) is 19.4. The van der Waals surface area contributed by atoms with Crippen LogP contribution in [0.15, 0.2) is 30.6 Å². The second-order valence-electron chi connectivity index (χ2n) is 4.66. The van der Waals surface area contributed by atoms with Gasteiger partial charge in [0.1, 0.15) is 12.4 Å². The minimum absolute atomic E-state index is 0.177. The molecule has 0 aliphatic rings. The van der Waals surface area contributed by atoms with E-state index < -0.39 is 0 Å². The zero-order valence-corrected chi connectivity index (χ0v) is 12.0. The number of aliphatic hydroxyl groups is 1. The summed E-state index contributed by atoms with van der Waals surface area (Å²) in [5.74, 6) is 5.90. The van der Waals surface area contributed by atoms with Gasteiger partial charge in [-0.2, -0.15) is 0 Å². The molecule has 108 valence electrons. The van der Waals surface area contributed by atoms with E-state index in [1.807, 2.05) is 26.0 Å². The number of rotatable bonds is 3. The van der Waals surface area contributed by atoms with Crippen molar-refractivity contribution in [2.24, 2.45) is 0 Å². The molecule has 1 heterocycles. The molecule has 2 rings (SSSR count). The summed E-state index contributed by atoms with van der Waals surface area (Å²) in [6.45, 7) is 3.53. The van der Waals surface area contributed by atoms with Gasteiger partial charge in [-0.3, -0.25) is 4.79 Å². The number of imidazole rings is 1. The van der Waals surface area contributed by atoms with Crippen molar-refractivity contribution in [3.63, 3.8) is 0 Å². The Morgan fingerprint density at radius 1 is 1.52 bits per heavy atom. The first-order valence-corrected chi connectivity index (χ1v) is 6.62. The Balaban J connectivity index is 2.18. The molecule has 1 unspecified atom stereocenters. The largest absolute Gasteiger partial charge is 0.384 e. The van der Waals surface area contributed by atoms with Gasteiger partial charge in [-0.25, -0.2) is 4.98 Å². The molecule has 1 aromatic carbocycles. The fraction of sp³-hybridized carbons (Fsp3) is 0.250. The lowest BCUT2D eigenvalue weighted by atomic mass is 10.0. The van der Waals surface area contributed by atoms with E-state index in [1.54, 1.807) is 18.5 Å². The summed E-state index contributed by atoms with van der Waals surface area (Å²) in [7, 11) is 0. The van der Waals surface area contributed by atoms with Gasteiger partial charge in [0.2, 0.25) is 0 Å². The highest BCUT2D eigenvalue weighted by Crippen LogP contribution is 2.13. The number of carbonyl (C=O) groups is 1. The van der Waals surface area contributed by atoms with Crippen molar-refractivity contribution in [1.82, 2.24) is 15.3 Å². The Kier molecular flexibility index (Phi) is 4.75. The van der Waals surface area contributed by atoms with Crippen molar-refractivity contribution >= 4 is 5.91 Å². The van der Waals surface area contributed by atoms with Crippen LogP contribution < -0.4 is 5.32 Å². The summed E-state index contributed by atoms with van der Waals surface area (Å²) in [5.41, 5.74) is 2.14. The summed E-state index contributed by atoms with van der Waals surface area (Å²) in [5, 5.41) is 11.6. The second kappa shape index (κ2) is 6.73. The van der Waals surface area contributed by atoms with Crippen LogP contribution in [-0.4, -0.2) is 27.6 Å². The van der Waals surface area contributed by atoms with Crippen LogP contribution in [0, 0.1) is 18.8 Å². The van der Waals surface area contributed by atoms with Crippen LogP contribution in [0.1, 0.15) is 40.3 Å². The first-order chi connectivity index (χ1) is 10.1. The predicted molar refractivity (Wildman–Crippen MR) is 79.6 cm³/mol. The lowest BCUT2D eigenvalue weighted by molar-refractivity contribution is 0.0937. The first kappa shape index (κ1) is 14.8. The third-order valence-electron chi connectivity index (χ3n) is 3.07. The molecule has 0 spiro atoms. The van der Waals surface area contributed by atoms with Crippen LogP contribution in [0.4, 0.5) is 0 Å². The number of amides is 1. The van der Waals surface area contributed by atoms with E-state index in [2.05, 4.69) is 27.1 Å². The quantitative estimate of drug-likeness (QED) is 0.748. The van der Waals surface area contributed by atoms with E-state index in [-0.39, 0.29) is 18.6 Å². The number of nitrogens with zero attached hydrogens (tertiary/aromatic N) is 1. The second-order valence-corrected chi connectivity index (χ2v) is 4.66. The number of aryl methyl sites for hydroxylation is 1. The van der Waals surface area contributed by atoms with Gasteiger partial charge in [0, 0.05) is 23.5 Å². The van der Waals surface area contributed by atoms with Gasteiger partial charge in [-0.05, 0) is 31.5 Å². The molecule has 1 aromatic heterocycles. The van der Waals surface area contributed by atoms with Crippen LogP contribution in [0.25, 0.3) is 0 Å².